The number of aromatic amines is 1. The summed E-state index contributed by atoms with van der Waals surface area (Å²) in [5, 5.41) is 0.978. The zero-order valence-electron chi connectivity index (χ0n) is 14.4. The number of rotatable bonds is 4. The number of carbonyl (C=O) groups excluding carboxylic acids is 1. The van der Waals surface area contributed by atoms with Crippen LogP contribution in [0.2, 0.25) is 0 Å². The van der Waals surface area contributed by atoms with Gasteiger partial charge in [-0.05, 0) is 48.4 Å². The second-order valence-electron chi connectivity index (χ2n) is 7.84. The average Bonchev–Trinajstić information content (AvgIpc) is 2.96. The van der Waals surface area contributed by atoms with E-state index in [9.17, 15) is 9.18 Å². The van der Waals surface area contributed by atoms with Crippen LogP contribution in [0.4, 0.5) is 4.39 Å². The fourth-order valence-corrected chi connectivity index (χ4v) is 4.81. The predicted molar refractivity (Wildman–Crippen MR) is 93.5 cm³/mol. The molecule has 24 heavy (non-hydrogen) atoms. The number of aromatic nitrogens is 1. The summed E-state index contributed by atoms with van der Waals surface area (Å²) in [4.78, 5) is 17.9. The van der Waals surface area contributed by atoms with Gasteiger partial charge in [0.15, 0.2) is 0 Å². The molecule has 0 amide bonds. The van der Waals surface area contributed by atoms with Crippen LogP contribution in [-0.4, -0.2) is 34.8 Å². The Bertz CT molecular complexity index is 783. The SMILES string of the molecule is CCC1(C)CC2CN(CCc3c[nH]c4ccc(F)cc34)C1CC2=O. The summed E-state index contributed by atoms with van der Waals surface area (Å²) in [5.74, 6) is 0.473. The zero-order chi connectivity index (χ0) is 16.9. The minimum absolute atomic E-state index is 0.190. The lowest BCUT2D eigenvalue weighted by atomic mass is 9.61. The van der Waals surface area contributed by atoms with E-state index >= 15 is 0 Å². The van der Waals surface area contributed by atoms with Crippen molar-refractivity contribution in [2.75, 3.05) is 13.1 Å². The van der Waals surface area contributed by atoms with Crippen molar-refractivity contribution < 1.29 is 9.18 Å². The third-order valence-electron chi connectivity index (χ3n) is 6.47. The van der Waals surface area contributed by atoms with Crippen molar-refractivity contribution in [2.45, 2.75) is 45.6 Å². The number of hydrogen-bond acceptors (Lipinski definition) is 2. The van der Waals surface area contributed by atoms with E-state index in [1.165, 1.54) is 6.07 Å². The van der Waals surface area contributed by atoms with Gasteiger partial charge in [-0.1, -0.05) is 13.8 Å². The van der Waals surface area contributed by atoms with E-state index in [4.69, 9.17) is 0 Å². The first-order valence-electron chi connectivity index (χ1n) is 9.02. The largest absolute Gasteiger partial charge is 0.361 e. The number of Topliss-reactive ketones (excluding diaryl/α,β-unsaturated/α-hetero) is 1. The van der Waals surface area contributed by atoms with Gasteiger partial charge in [0.2, 0.25) is 0 Å². The van der Waals surface area contributed by atoms with Crippen molar-refractivity contribution in [2.24, 2.45) is 11.3 Å². The first-order chi connectivity index (χ1) is 11.5. The van der Waals surface area contributed by atoms with Gasteiger partial charge in [0.05, 0.1) is 0 Å². The van der Waals surface area contributed by atoms with Crippen molar-refractivity contribution in [3.8, 4) is 0 Å². The van der Waals surface area contributed by atoms with Crippen molar-refractivity contribution in [3.63, 3.8) is 0 Å². The van der Waals surface area contributed by atoms with E-state index in [0.717, 1.165) is 48.8 Å². The number of halogens is 1. The van der Waals surface area contributed by atoms with Crippen LogP contribution in [-0.2, 0) is 11.2 Å². The molecule has 3 aliphatic rings. The monoisotopic (exact) mass is 328 g/mol. The number of nitrogens with zero attached hydrogens (tertiary/aromatic N) is 1. The van der Waals surface area contributed by atoms with Crippen LogP contribution >= 0.6 is 0 Å². The highest BCUT2D eigenvalue weighted by Gasteiger charge is 2.50. The molecule has 1 aromatic carbocycles. The summed E-state index contributed by atoms with van der Waals surface area (Å²) in [6, 6.07) is 5.26. The maximum absolute atomic E-state index is 13.5. The Hall–Kier alpha value is -1.68. The molecule has 3 atom stereocenters. The molecule has 0 spiro atoms. The summed E-state index contributed by atoms with van der Waals surface area (Å²) in [7, 11) is 0. The molecule has 128 valence electrons. The molecule has 2 bridgehead atoms. The molecular formula is C20H25FN2O. The number of fused-ring (bicyclic) bond motifs is 4. The maximum Gasteiger partial charge on any atom is 0.138 e. The standard InChI is InChI=1S/C20H25FN2O/c1-3-20(2)10-14-12-23(19(20)9-18(14)24)7-6-13-11-22-17-5-4-15(21)8-16(13)17/h4-5,8,11,14,19,22H,3,6-7,9-10,12H2,1-2H3. The quantitative estimate of drug-likeness (QED) is 0.923. The molecular weight excluding hydrogens is 303 g/mol. The van der Waals surface area contributed by atoms with E-state index in [1.807, 2.05) is 6.20 Å². The third kappa shape index (κ3) is 2.48. The van der Waals surface area contributed by atoms with Gasteiger partial charge >= 0.3 is 0 Å². The summed E-state index contributed by atoms with van der Waals surface area (Å²) in [5.41, 5.74) is 2.40. The predicted octanol–water partition coefficient (Wildman–Crippen LogP) is 3.93. The number of carbonyl (C=O) groups is 1. The Morgan fingerprint density at radius 3 is 3.00 bits per heavy atom. The van der Waals surface area contributed by atoms with Gasteiger partial charge in [-0.15, -0.1) is 0 Å². The van der Waals surface area contributed by atoms with Gasteiger partial charge in [-0.25, -0.2) is 4.39 Å². The maximum atomic E-state index is 13.5. The van der Waals surface area contributed by atoms with Crippen LogP contribution in [0.5, 0.6) is 0 Å². The van der Waals surface area contributed by atoms with Crippen LogP contribution in [0.15, 0.2) is 24.4 Å². The van der Waals surface area contributed by atoms with E-state index in [-0.39, 0.29) is 17.2 Å². The molecule has 3 heterocycles. The molecule has 2 aromatic rings. The van der Waals surface area contributed by atoms with Crippen LogP contribution < -0.4 is 0 Å². The molecule has 3 fully saturated rings. The molecule has 4 heteroatoms. The Labute approximate surface area is 142 Å². The normalized spacial score (nSPS) is 30.4. The molecule has 1 aromatic heterocycles. The van der Waals surface area contributed by atoms with Crippen molar-refractivity contribution in [1.29, 1.82) is 0 Å². The molecule has 3 nitrogen and oxygen atoms in total. The summed E-state index contributed by atoms with van der Waals surface area (Å²) in [6.45, 7) is 6.42. The number of ketones is 1. The van der Waals surface area contributed by atoms with E-state index in [0.29, 0.717) is 18.2 Å². The highest BCUT2D eigenvalue weighted by Crippen LogP contribution is 2.47. The van der Waals surface area contributed by atoms with Gasteiger partial charge in [-0.2, -0.15) is 0 Å². The highest BCUT2D eigenvalue weighted by molar-refractivity contribution is 5.84. The number of benzene rings is 1. The Morgan fingerprint density at radius 1 is 1.42 bits per heavy atom. The Balaban J connectivity index is 1.53. The number of nitrogens with one attached hydrogen (secondary N) is 1. The van der Waals surface area contributed by atoms with Gasteiger partial charge in [0.1, 0.15) is 11.6 Å². The fraction of sp³-hybridized carbons (Fsp3) is 0.550. The second-order valence-corrected chi connectivity index (χ2v) is 7.84. The first-order valence-corrected chi connectivity index (χ1v) is 9.02. The summed E-state index contributed by atoms with van der Waals surface area (Å²) >= 11 is 0. The molecule has 2 saturated heterocycles. The Kier molecular flexibility index (Phi) is 3.75. The summed E-state index contributed by atoms with van der Waals surface area (Å²) < 4.78 is 13.5. The third-order valence-corrected chi connectivity index (χ3v) is 6.47. The lowest BCUT2D eigenvalue weighted by Crippen LogP contribution is -2.61. The first kappa shape index (κ1) is 15.8. The number of H-pyrrole nitrogens is 1. The summed E-state index contributed by atoms with van der Waals surface area (Å²) in [6.07, 6.45) is 5.76. The van der Waals surface area contributed by atoms with Crippen LogP contribution in [0.1, 0.15) is 38.7 Å². The van der Waals surface area contributed by atoms with Gasteiger partial charge in [0.25, 0.3) is 0 Å². The van der Waals surface area contributed by atoms with Gasteiger partial charge < -0.3 is 4.98 Å². The second kappa shape index (κ2) is 5.69. The van der Waals surface area contributed by atoms with Crippen LogP contribution in [0, 0.1) is 17.2 Å². The molecule has 3 unspecified atom stereocenters. The molecule has 1 saturated carbocycles. The van der Waals surface area contributed by atoms with E-state index < -0.39 is 0 Å². The molecule has 2 aliphatic heterocycles. The van der Waals surface area contributed by atoms with Crippen LogP contribution in [0.3, 0.4) is 0 Å². The average molecular weight is 328 g/mol. The lowest BCUT2D eigenvalue weighted by molar-refractivity contribution is -0.142. The van der Waals surface area contributed by atoms with E-state index in [2.05, 4.69) is 23.7 Å². The topological polar surface area (TPSA) is 36.1 Å². The van der Waals surface area contributed by atoms with Gasteiger partial charge in [-0.3, -0.25) is 9.69 Å². The molecule has 5 rings (SSSR count). The van der Waals surface area contributed by atoms with Crippen molar-refractivity contribution in [1.82, 2.24) is 9.88 Å². The molecule has 1 aliphatic carbocycles. The van der Waals surface area contributed by atoms with Crippen LogP contribution in [0.25, 0.3) is 10.9 Å². The Morgan fingerprint density at radius 2 is 2.25 bits per heavy atom. The number of piperidine rings is 2. The van der Waals surface area contributed by atoms with Crippen molar-refractivity contribution in [3.05, 3.63) is 35.8 Å². The fourth-order valence-electron chi connectivity index (χ4n) is 4.81. The minimum Gasteiger partial charge on any atom is -0.361 e. The highest BCUT2D eigenvalue weighted by atomic mass is 19.1. The number of hydrogen-bond donors (Lipinski definition) is 1. The van der Waals surface area contributed by atoms with E-state index in [1.54, 1.807) is 12.1 Å². The van der Waals surface area contributed by atoms with Crippen molar-refractivity contribution >= 4 is 16.7 Å². The minimum atomic E-state index is -0.190. The molecule has 0 radical (unpaired) electrons. The zero-order valence-corrected chi connectivity index (χ0v) is 14.4. The lowest BCUT2D eigenvalue weighted by Gasteiger charge is -2.55. The van der Waals surface area contributed by atoms with Gasteiger partial charge in [0, 0.05) is 48.6 Å². The molecule has 1 N–H and O–H groups in total. The smallest absolute Gasteiger partial charge is 0.138 e.